The first-order chi connectivity index (χ1) is 14.1. The number of oxime groups is 1. The molecule has 0 N–H and O–H groups in total. The van der Waals surface area contributed by atoms with Crippen molar-refractivity contribution >= 4 is 11.6 Å². The van der Waals surface area contributed by atoms with Crippen molar-refractivity contribution < 1.29 is 9.63 Å². The lowest BCUT2D eigenvalue weighted by Gasteiger charge is -2.22. The zero-order chi connectivity index (χ0) is 20.3. The molecule has 1 aromatic heterocycles. The van der Waals surface area contributed by atoms with E-state index >= 15 is 0 Å². The molecule has 7 heteroatoms. The highest BCUT2D eigenvalue weighted by atomic mass is 16.7. The number of pyridine rings is 1. The van der Waals surface area contributed by atoms with Gasteiger partial charge in [0, 0.05) is 45.7 Å². The van der Waals surface area contributed by atoms with Crippen LogP contribution in [0.4, 0.5) is 0 Å². The Balaban J connectivity index is 1.34. The van der Waals surface area contributed by atoms with E-state index in [1.807, 2.05) is 42.5 Å². The van der Waals surface area contributed by atoms with Gasteiger partial charge in [0.05, 0.1) is 23.9 Å². The fraction of sp³-hybridized carbons (Fsp3) is 0.364. The predicted molar refractivity (Wildman–Crippen MR) is 108 cm³/mol. The molecule has 2 aliphatic rings. The number of amides is 1. The number of carbonyl (C=O) groups is 1. The molecule has 1 fully saturated rings. The molecule has 0 aliphatic carbocycles. The highest BCUT2D eigenvalue weighted by Crippen LogP contribution is 2.35. The van der Waals surface area contributed by atoms with Gasteiger partial charge in [-0.3, -0.25) is 14.7 Å². The van der Waals surface area contributed by atoms with Crippen LogP contribution in [0.15, 0.2) is 53.8 Å². The zero-order valence-corrected chi connectivity index (χ0v) is 16.4. The number of hydrogen-bond acceptors (Lipinski definition) is 6. The number of hydrogen-bond donors (Lipinski definition) is 0. The lowest BCUT2D eigenvalue weighted by Crippen LogP contribution is -2.37. The van der Waals surface area contributed by atoms with E-state index in [-0.39, 0.29) is 5.91 Å². The maximum Gasteiger partial charge on any atom is 0.271 e. The van der Waals surface area contributed by atoms with E-state index in [4.69, 9.17) is 10.1 Å². The highest BCUT2D eigenvalue weighted by Gasteiger charge is 2.46. The van der Waals surface area contributed by atoms with E-state index in [0.717, 1.165) is 30.8 Å². The lowest BCUT2D eigenvalue weighted by molar-refractivity contribution is -0.123. The van der Waals surface area contributed by atoms with Crippen LogP contribution in [0.1, 0.15) is 29.7 Å². The summed E-state index contributed by atoms with van der Waals surface area (Å²) in [6, 6.07) is 15.5. The molecule has 1 saturated heterocycles. The predicted octanol–water partition coefficient (Wildman–Crippen LogP) is 2.33. The Morgan fingerprint density at radius 1 is 1.34 bits per heavy atom. The Bertz CT molecular complexity index is 969. The maximum atomic E-state index is 12.8. The summed E-state index contributed by atoms with van der Waals surface area (Å²) in [5.41, 5.74) is 2.65. The Kier molecular flexibility index (Phi) is 5.28. The van der Waals surface area contributed by atoms with Crippen molar-refractivity contribution in [3.8, 4) is 6.07 Å². The first-order valence-electron chi connectivity index (χ1n) is 9.69. The first kappa shape index (κ1) is 19.1. The Morgan fingerprint density at radius 2 is 2.24 bits per heavy atom. The van der Waals surface area contributed by atoms with E-state index in [1.54, 1.807) is 18.1 Å². The van der Waals surface area contributed by atoms with E-state index in [1.165, 1.54) is 0 Å². The van der Waals surface area contributed by atoms with Gasteiger partial charge in [-0.1, -0.05) is 23.4 Å². The van der Waals surface area contributed by atoms with Crippen molar-refractivity contribution in [1.29, 1.82) is 5.26 Å². The normalized spacial score (nSPS) is 20.9. The number of likely N-dealkylation sites (tertiary alicyclic amines) is 1. The SMILES string of the molecule is CN(Cc1ccccn1)C(=O)C1=NOC2(CCN(Cc3cccc(C#N)c3)C2)C1. The maximum absolute atomic E-state index is 12.8. The van der Waals surface area contributed by atoms with Gasteiger partial charge in [0.25, 0.3) is 5.91 Å². The number of carbonyl (C=O) groups excluding carboxylic acids is 1. The third-order valence-corrected chi connectivity index (χ3v) is 5.42. The topological polar surface area (TPSA) is 81.8 Å². The largest absolute Gasteiger partial charge is 0.387 e. The summed E-state index contributed by atoms with van der Waals surface area (Å²) >= 11 is 0. The Hall–Kier alpha value is -3.24. The molecule has 2 aliphatic heterocycles. The Labute approximate surface area is 170 Å². The smallest absolute Gasteiger partial charge is 0.271 e. The molecule has 1 spiro atoms. The number of aromatic nitrogens is 1. The minimum Gasteiger partial charge on any atom is -0.387 e. The van der Waals surface area contributed by atoms with Crippen LogP contribution in [-0.2, 0) is 22.7 Å². The van der Waals surface area contributed by atoms with E-state index in [9.17, 15) is 4.79 Å². The summed E-state index contributed by atoms with van der Waals surface area (Å²) in [5.74, 6) is -0.118. The molecule has 0 bridgehead atoms. The molecule has 0 saturated carbocycles. The summed E-state index contributed by atoms with van der Waals surface area (Å²) in [6.45, 7) is 2.78. The van der Waals surface area contributed by atoms with Crippen LogP contribution >= 0.6 is 0 Å². The summed E-state index contributed by atoms with van der Waals surface area (Å²) in [5, 5.41) is 13.2. The van der Waals surface area contributed by atoms with Crippen LogP contribution in [0.5, 0.6) is 0 Å². The average molecular weight is 389 g/mol. The summed E-state index contributed by atoms with van der Waals surface area (Å²) < 4.78 is 0. The molecule has 1 aromatic carbocycles. The van der Waals surface area contributed by atoms with Crippen molar-refractivity contribution in [3.05, 3.63) is 65.5 Å². The summed E-state index contributed by atoms with van der Waals surface area (Å²) in [6.07, 6.45) is 3.07. The lowest BCUT2D eigenvalue weighted by atomic mass is 9.96. The van der Waals surface area contributed by atoms with Gasteiger partial charge in [0.1, 0.15) is 5.71 Å². The van der Waals surface area contributed by atoms with Crippen molar-refractivity contribution in [2.45, 2.75) is 31.5 Å². The number of nitriles is 1. The standard InChI is InChI=1S/C22H23N5O2/c1-26(15-19-7-2-3-9-24-19)21(28)20-12-22(29-25-20)8-10-27(16-22)14-18-6-4-5-17(11-18)13-23/h2-7,9,11H,8,10,12,14-16H2,1H3. The molecule has 7 nitrogen and oxygen atoms in total. The third kappa shape index (κ3) is 4.28. The number of rotatable bonds is 5. The molecular weight excluding hydrogens is 366 g/mol. The quantitative estimate of drug-likeness (QED) is 0.784. The van der Waals surface area contributed by atoms with Crippen LogP contribution in [0, 0.1) is 11.3 Å². The molecule has 148 valence electrons. The summed E-state index contributed by atoms with van der Waals surface area (Å²) in [7, 11) is 1.76. The van der Waals surface area contributed by atoms with Gasteiger partial charge in [-0.25, -0.2) is 0 Å². The van der Waals surface area contributed by atoms with Gasteiger partial charge in [-0.05, 0) is 29.8 Å². The van der Waals surface area contributed by atoms with Gasteiger partial charge < -0.3 is 9.74 Å². The molecule has 4 rings (SSSR count). The van der Waals surface area contributed by atoms with Crippen molar-refractivity contribution in [3.63, 3.8) is 0 Å². The molecular formula is C22H23N5O2. The van der Waals surface area contributed by atoms with Crippen molar-refractivity contribution in [2.24, 2.45) is 5.16 Å². The first-order valence-corrected chi connectivity index (χ1v) is 9.69. The second kappa shape index (κ2) is 8.02. The Morgan fingerprint density at radius 3 is 3.03 bits per heavy atom. The third-order valence-electron chi connectivity index (χ3n) is 5.42. The van der Waals surface area contributed by atoms with Gasteiger partial charge in [-0.2, -0.15) is 5.26 Å². The van der Waals surface area contributed by atoms with Crippen LogP contribution in [0.25, 0.3) is 0 Å². The molecule has 29 heavy (non-hydrogen) atoms. The number of nitrogens with zero attached hydrogens (tertiary/aromatic N) is 5. The number of benzene rings is 1. The molecule has 2 aromatic rings. The van der Waals surface area contributed by atoms with Gasteiger partial charge in [0.15, 0.2) is 5.60 Å². The molecule has 1 unspecified atom stereocenters. The molecule has 3 heterocycles. The molecule has 0 radical (unpaired) electrons. The van der Waals surface area contributed by atoms with Crippen LogP contribution < -0.4 is 0 Å². The molecule has 1 amide bonds. The van der Waals surface area contributed by atoms with Crippen molar-refractivity contribution in [2.75, 3.05) is 20.1 Å². The van der Waals surface area contributed by atoms with E-state index < -0.39 is 5.60 Å². The van der Waals surface area contributed by atoms with Crippen LogP contribution in [-0.4, -0.2) is 52.1 Å². The highest BCUT2D eigenvalue weighted by molar-refractivity contribution is 6.39. The second-order valence-corrected chi connectivity index (χ2v) is 7.74. The molecule has 1 atom stereocenters. The minimum atomic E-state index is -0.427. The second-order valence-electron chi connectivity index (χ2n) is 7.74. The van der Waals surface area contributed by atoms with E-state index in [2.05, 4.69) is 21.1 Å². The fourth-order valence-corrected chi connectivity index (χ4v) is 3.94. The van der Waals surface area contributed by atoms with Gasteiger partial charge in [-0.15, -0.1) is 0 Å². The van der Waals surface area contributed by atoms with Gasteiger partial charge in [0.2, 0.25) is 0 Å². The van der Waals surface area contributed by atoms with E-state index in [0.29, 0.717) is 30.8 Å². The summed E-state index contributed by atoms with van der Waals surface area (Å²) in [4.78, 5) is 26.7. The zero-order valence-electron chi connectivity index (χ0n) is 16.4. The van der Waals surface area contributed by atoms with Crippen LogP contribution in [0.3, 0.4) is 0 Å². The monoisotopic (exact) mass is 389 g/mol. The van der Waals surface area contributed by atoms with Crippen molar-refractivity contribution in [1.82, 2.24) is 14.8 Å². The minimum absolute atomic E-state index is 0.118. The van der Waals surface area contributed by atoms with Crippen LogP contribution in [0.2, 0.25) is 0 Å². The average Bonchev–Trinajstić information content (AvgIpc) is 3.34. The van der Waals surface area contributed by atoms with Gasteiger partial charge >= 0.3 is 0 Å². The fourth-order valence-electron chi connectivity index (χ4n) is 3.94.